The van der Waals surface area contributed by atoms with Gasteiger partial charge in [0.15, 0.2) is 0 Å². The maximum absolute atomic E-state index is 6.46. The fourth-order valence-corrected chi connectivity index (χ4v) is 2.81. The molecule has 2 unspecified atom stereocenters. The molecule has 2 N–H and O–H groups in total. The van der Waals surface area contributed by atoms with Gasteiger partial charge in [-0.3, -0.25) is 0 Å². The molecular formula is C17H25N3. The molecule has 20 heavy (non-hydrogen) atoms. The van der Waals surface area contributed by atoms with Crippen molar-refractivity contribution in [3.05, 3.63) is 54.1 Å². The SMILES string of the molecule is CCCn1ccnc1CC(N)C(CC)c1ccccc1. The van der Waals surface area contributed by atoms with Gasteiger partial charge in [-0.2, -0.15) is 0 Å². The molecule has 0 radical (unpaired) electrons. The van der Waals surface area contributed by atoms with Gasteiger partial charge in [0.25, 0.3) is 0 Å². The summed E-state index contributed by atoms with van der Waals surface area (Å²) in [5.41, 5.74) is 7.79. The molecule has 1 aromatic carbocycles. The molecule has 0 saturated carbocycles. The lowest BCUT2D eigenvalue weighted by atomic mass is 9.88. The Morgan fingerprint density at radius 2 is 1.95 bits per heavy atom. The number of aryl methyl sites for hydroxylation is 1. The first kappa shape index (κ1) is 14.8. The Bertz CT molecular complexity index is 504. The Morgan fingerprint density at radius 3 is 2.60 bits per heavy atom. The summed E-state index contributed by atoms with van der Waals surface area (Å²) in [5, 5.41) is 0. The molecule has 2 aromatic rings. The lowest BCUT2D eigenvalue weighted by Crippen LogP contribution is -2.31. The van der Waals surface area contributed by atoms with Crippen molar-refractivity contribution in [1.29, 1.82) is 0 Å². The molecule has 0 aliphatic carbocycles. The standard InChI is InChI=1S/C17H25N3/c1-3-11-20-12-10-19-17(20)13-16(18)15(4-2)14-8-6-5-7-9-14/h5-10,12,15-16H,3-4,11,13,18H2,1-2H3. The summed E-state index contributed by atoms with van der Waals surface area (Å²) in [5.74, 6) is 1.50. The number of aromatic nitrogens is 2. The number of benzene rings is 1. The van der Waals surface area contributed by atoms with E-state index in [0.717, 1.165) is 31.6 Å². The summed E-state index contributed by atoms with van der Waals surface area (Å²) in [4.78, 5) is 4.47. The van der Waals surface area contributed by atoms with E-state index in [2.05, 4.69) is 59.9 Å². The molecule has 2 atom stereocenters. The molecule has 0 aliphatic rings. The first-order chi connectivity index (χ1) is 9.76. The van der Waals surface area contributed by atoms with E-state index in [-0.39, 0.29) is 6.04 Å². The van der Waals surface area contributed by atoms with Crippen LogP contribution in [-0.2, 0) is 13.0 Å². The second-order valence-electron chi connectivity index (χ2n) is 5.33. The zero-order chi connectivity index (χ0) is 14.4. The maximum Gasteiger partial charge on any atom is 0.110 e. The Kier molecular flexibility index (Phi) is 5.36. The van der Waals surface area contributed by atoms with Gasteiger partial charge < -0.3 is 10.3 Å². The first-order valence-electron chi connectivity index (χ1n) is 7.56. The van der Waals surface area contributed by atoms with Gasteiger partial charge >= 0.3 is 0 Å². The van der Waals surface area contributed by atoms with Gasteiger partial charge in [-0.25, -0.2) is 4.98 Å². The average molecular weight is 271 g/mol. The molecule has 0 spiro atoms. The lowest BCUT2D eigenvalue weighted by molar-refractivity contribution is 0.492. The topological polar surface area (TPSA) is 43.8 Å². The Labute approximate surface area is 121 Å². The van der Waals surface area contributed by atoms with E-state index in [0.29, 0.717) is 5.92 Å². The van der Waals surface area contributed by atoms with E-state index in [4.69, 9.17) is 5.73 Å². The lowest BCUT2D eigenvalue weighted by Gasteiger charge is -2.23. The average Bonchev–Trinajstić information content (AvgIpc) is 2.88. The highest BCUT2D eigenvalue weighted by atomic mass is 15.1. The van der Waals surface area contributed by atoms with Crippen molar-refractivity contribution >= 4 is 0 Å². The molecule has 3 heteroatoms. The zero-order valence-electron chi connectivity index (χ0n) is 12.5. The third-order valence-corrected chi connectivity index (χ3v) is 3.87. The molecule has 0 saturated heterocycles. The van der Waals surface area contributed by atoms with Gasteiger partial charge in [-0.15, -0.1) is 0 Å². The fraction of sp³-hybridized carbons (Fsp3) is 0.471. The van der Waals surface area contributed by atoms with Crippen LogP contribution in [0.25, 0.3) is 0 Å². The zero-order valence-corrected chi connectivity index (χ0v) is 12.5. The second kappa shape index (κ2) is 7.25. The molecule has 2 rings (SSSR count). The minimum atomic E-state index is 0.111. The van der Waals surface area contributed by atoms with E-state index >= 15 is 0 Å². The number of nitrogens with two attached hydrogens (primary N) is 1. The second-order valence-corrected chi connectivity index (χ2v) is 5.33. The molecule has 3 nitrogen and oxygen atoms in total. The largest absolute Gasteiger partial charge is 0.335 e. The van der Waals surface area contributed by atoms with E-state index in [1.807, 2.05) is 6.20 Å². The fourth-order valence-electron chi connectivity index (χ4n) is 2.81. The minimum Gasteiger partial charge on any atom is -0.335 e. The van der Waals surface area contributed by atoms with Crippen molar-refractivity contribution < 1.29 is 0 Å². The van der Waals surface area contributed by atoms with Gasteiger partial charge in [0, 0.05) is 31.4 Å². The van der Waals surface area contributed by atoms with Gasteiger partial charge in [-0.1, -0.05) is 44.2 Å². The van der Waals surface area contributed by atoms with Crippen LogP contribution in [0.1, 0.15) is 44.0 Å². The van der Waals surface area contributed by atoms with E-state index in [1.54, 1.807) is 0 Å². The molecule has 1 aromatic heterocycles. The molecule has 0 fully saturated rings. The van der Waals surface area contributed by atoms with E-state index in [1.165, 1.54) is 5.56 Å². The van der Waals surface area contributed by atoms with Crippen LogP contribution in [0, 0.1) is 0 Å². The van der Waals surface area contributed by atoms with Crippen LogP contribution < -0.4 is 5.73 Å². The predicted molar refractivity (Wildman–Crippen MR) is 83.7 cm³/mol. The summed E-state index contributed by atoms with van der Waals surface area (Å²) in [7, 11) is 0. The Balaban J connectivity index is 2.09. The van der Waals surface area contributed by atoms with E-state index in [9.17, 15) is 0 Å². The van der Waals surface area contributed by atoms with Crippen molar-refractivity contribution in [3.8, 4) is 0 Å². The number of rotatable bonds is 7. The third kappa shape index (κ3) is 3.48. The normalized spacial score (nSPS) is 14.2. The van der Waals surface area contributed by atoms with Crippen LogP contribution in [0.15, 0.2) is 42.7 Å². The van der Waals surface area contributed by atoms with Crippen molar-refractivity contribution in [3.63, 3.8) is 0 Å². The monoisotopic (exact) mass is 271 g/mol. The highest BCUT2D eigenvalue weighted by Gasteiger charge is 2.20. The van der Waals surface area contributed by atoms with Gasteiger partial charge in [0.05, 0.1) is 0 Å². The molecule has 1 heterocycles. The van der Waals surface area contributed by atoms with Gasteiger partial charge in [0.2, 0.25) is 0 Å². The Hall–Kier alpha value is -1.61. The number of hydrogen-bond donors (Lipinski definition) is 1. The third-order valence-electron chi connectivity index (χ3n) is 3.87. The summed E-state index contributed by atoms with van der Waals surface area (Å²) < 4.78 is 2.22. The summed E-state index contributed by atoms with van der Waals surface area (Å²) in [6.07, 6.45) is 6.94. The van der Waals surface area contributed by atoms with Crippen LogP contribution in [0.4, 0.5) is 0 Å². The molecule has 108 valence electrons. The van der Waals surface area contributed by atoms with Crippen LogP contribution in [-0.4, -0.2) is 15.6 Å². The summed E-state index contributed by atoms with van der Waals surface area (Å²) in [6, 6.07) is 10.7. The van der Waals surface area contributed by atoms with E-state index < -0.39 is 0 Å². The van der Waals surface area contributed by atoms with Gasteiger partial charge in [-0.05, 0) is 24.3 Å². The van der Waals surface area contributed by atoms with Crippen LogP contribution in [0.2, 0.25) is 0 Å². The smallest absolute Gasteiger partial charge is 0.110 e. The minimum absolute atomic E-state index is 0.111. The van der Waals surface area contributed by atoms with Crippen molar-refractivity contribution in [2.75, 3.05) is 0 Å². The highest BCUT2D eigenvalue weighted by molar-refractivity contribution is 5.21. The number of imidazole rings is 1. The molecule has 0 aliphatic heterocycles. The maximum atomic E-state index is 6.46. The first-order valence-corrected chi connectivity index (χ1v) is 7.56. The quantitative estimate of drug-likeness (QED) is 0.839. The van der Waals surface area contributed by atoms with Crippen LogP contribution in [0.3, 0.4) is 0 Å². The van der Waals surface area contributed by atoms with Crippen molar-refractivity contribution in [2.45, 2.75) is 51.6 Å². The van der Waals surface area contributed by atoms with Crippen molar-refractivity contribution in [2.24, 2.45) is 5.73 Å². The molecule has 0 bridgehead atoms. The van der Waals surface area contributed by atoms with Crippen LogP contribution >= 0.6 is 0 Å². The number of nitrogens with zero attached hydrogens (tertiary/aromatic N) is 2. The van der Waals surface area contributed by atoms with Crippen molar-refractivity contribution in [1.82, 2.24) is 9.55 Å². The highest BCUT2D eigenvalue weighted by Crippen LogP contribution is 2.24. The number of hydrogen-bond acceptors (Lipinski definition) is 2. The van der Waals surface area contributed by atoms with Crippen LogP contribution in [0.5, 0.6) is 0 Å². The Morgan fingerprint density at radius 1 is 1.20 bits per heavy atom. The molecular weight excluding hydrogens is 246 g/mol. The predicted octanol–water partition coefficient (Wildman–Crippen LogP) is 3.36. The van der Waals surface area contributed by atoms with Gasteiger partial charge in [0.1, 0.15) is 5.82 Å². The summed E-state index contributed by atoms with van der Waals surface area (Å²) >= 11 is 0. The summed E-state index contributed by atoms with van der Waals surface area (Å²) in [6.45, 7) is 5.41. The molecule has 0 amide bonds.